The molecule has 13 nitrogen and oxygen atoms in total. The topological polar surface area (TPSA) is 208 Å². The molecule has 5 N–H and O–H groups in total. The molecule has 0 aliphatic heterocycles. The van der Waals surface area contributed by atoms with Gasteiger partial charge in [-0.3, -0.25) is 9.32 Å². The van der Waals surface area contributed by atoms with Crippen molar-refractivity contribution < 1.29 is 42.3 Å². The summed E-state index contributed by atoms with van der Waals surface area (Å²) in [6.45, 7) is 0.00720. The fourth-order valence-electron chi connectivity index (χ4n) is 2.32. The Balaban J connectivity index is 2.46. The lowest BCUT2D eigenvalue weighted by Gasteiger charge is -2.12. The number of hydrogen-bond donors (Lipinski definition) is 5. The number of aromatic hydroxyl groups is 1. The van der Waals surface area contributed by atoms with Gasteiger partial charge in [0.1, 0.15) is 5.75 Å². The van der Waals surface area contributed by atoms with E-state index in [1.807, 2.05) is 0 Å². The largest absolute Gasteiger partial charge is 0.505 e. The SMILES string of the molecule is Cc1nc(N=Nc2cccc(S(=O)(=O)NCCO)c2)c(COP(=O)(O)O)c(C=O)c1O. The average molecular weight is 474 g/mol. The molecule has 0 saturated carbocycles. The number of sulfonamides is 1. The summed E-state index contributed by atoms with van der Waals surface area (Å²) >= 11 is 0. The molecule has 1 aromatic heterocycles. The minimum absolute atomic E-state index is 0.000474. The lowest BCUT2D eigenvalue weighted by molar-refractivity contribution is 0.111. The van der Waals surface area contributed by atoms with E-state index >= 15 is 0 Å². The van der Waals surface area contributed by atoms with Gasteiger partial charge in [-0.1, -0.05) is 6.07 Å². The summed E-state index contributed by atoms with van der Waals surface area (Å²) < 4.78 is 41.9. The molecule has 1 heterocycles. The number of aromatic nitrogens is 1. The maximum absolute atomic E-state index is 12.2. The van der Waals surface area contributed by atoms with Crippen LogP contribution in [0.4, 0.5) is 11.5 Å². The highest BCUT2D eigenvalue weighted by molar-refractivity contribution is 7.89. The maximum Gasteiger partial charge on any atom is 0.469 e. The summed E-state index contributed by atoms with van der Waals surface area (Å²) in [6.07, 6.45) is 0.251. The molecule has 0 bridgehead atoms. The van der Waals surface area contributed by atoms with Crippen LogP contribution in [0, 0.1) is 6.92 Å². The quantitative estimate of drug-likeness (QED) is 0.189. The molecule has 0 spiro atoms. The van der Waals surface area contributed by atoms with Crippen LogP contribution in [-0.2, 0) is 25.7 Å². The van der Waals surface area contributed by atoms with Crippen LogP contribution in [0.3, 0.4) is 0 Å². The predicted octanol–water partition coefficient (Wildman–Crippen LogP) is 1.20. The van der Waals surface area contributed by atoms with Crippen molar-refractivity contribution in [3.05, 3.63) is 41.1 Å². The molecule has 0 atom stereocenters. The number of aryl methyl sites for hydroxylation is 1. The Labute approximate surface area is 176 Å². The number of phosphoric ester groups is 1. The van der Waals surface area contributed by atoms with E-state index in [1.54, 1.807) is 0 Å². The van der Waals surface area contributed by atoms with E-state index in [0.29, 0.717) is 0 Å². The van der Waals surface area contributed by atoms with Crippen LogP contribution in [0.2, 0.25) is 0 Å². The average Bonchev–Trinajstić information content (AvgIpc) is 2.71. The number of aliphatic hydroxyl groups excluding tert-OH is 1. The van der Waals surface area contributed by atoms with Gasteiger partial charge < -0.3 is 20.0 Å². The summed E-state index contributed by atoms with van der Waals surface area (Å²) in [5, 5.41) is 26.5. The molecule has 0 aliphatic rings. The van der Waals surface area contributed by atoms with Gasteiger partial charge in [0, 0.05) is 12.1 Å². The molecular weight excluding hydrogens is 455 g/mol. The van der Waals surface area contributed by atoms with Crippen molar-refractivity contribution in [1.82, 2.24) is 9.71 Å². The van der Waals surface area contributed by atoms with E-state index in [1.165, 1.54) is 31.2 Å². The van der Waals surface area contributed by atoms with Crippen molar-refractivity contribution in [1.29, 1.82) is 0 Å². The molecule has 0 saturated heterocycles. The van der Waals surface area contributed by atoms with Gasteiger partial charge in [0.15, 0.2) is 12.1 Å². The van der Waals surface area contributed by atoms with Crippen molar-refractivity contribution >= 4 is 35.6 Å². The highest BCUT2D eigenvalue weighted by atomic mass is 32.2. The Kier molecular flexibility index (Phi) is 8.08. The van der Waals surface area contributed by atoms with E-state index in [2.05, 4.69) is 24.5 Å². The second kappa shape index (κ2) is 10.2. The van der Waals surface area contributed by atoms with E-state index in [9.17, 15) is 22.9 Å². The number of nitrogens with zero attached hydrogens (tertiary/aromatic N) is 3. The highest BCUT2D eigenvalue weighted by Gasteiger charge is 2.22. The standard InChI is InChI=1S/C16H19N4O9PS/c1-10-15(23)13(8-22)14(9-29-30(24,25)26)16(18-10)20-19-11-3-2-4-12(7-11)31(27,28)17-5-6-21/h2-4,7-8,17,21,23H,5-6,9H2,1H3,(H2,24,25,26). The minimum Gasteiger partial charge on any atom is -0.505 e. The molecule has 15 heteroatoms. The molecule has 168 valence electrons. The number of pyridine rings is 1. The van der Waals surface area contributed by atoms with Gasteiger partial charge in [-0.05, 0) is 25.1 Å². The van der Waals surface area contributed by atoms with Crippen LogP contribution in [0.15, 0.2) is 39.4 Å². The maximum atomic E-state index is 12.2. The third-order valence-electron chi connectivity index (χ3n) is 3.75. The normalized spacial score (nSPS) is 12.4. The van der Waals surface area contributed by atoms with Crippen molar-refractivity contribution in [2.75, 3.05) is 13.2 Å². The zero-order valence-electron chi connectivity index (χ0n) is 16.0. The van der Waals surface area contributed by atoms with Gasteiger partial charge in [0.2, 0.25) is 10.0 Å². The van der Waals surface area contributed by atoms with Crippen molar-refractivity contribution in [3.8, 4) is 5.75 Å². The molecule has 0 unspecified atom stereocenters. The number of hydrogen-bond acceptors (Lipinski definition) is 10. The molecular formula is C16H19N4O9PS. The van der Waals surface area contributed by atoms with E-state index in [0.717, 1.165) is 0 Å². The number of benzene rings is 1. The molecule has 0 aliphatic carbocycles. The van der Waals surface area contributed by atoms with Crippen LogP contribution >= 0.6 is 7.82 Å². The number of phosphoric acid groups is 1. The lowest BCUT2D eigenvalue weighted by Crippen LogP contribution is -2.26. The molecule has 0 fully saturated rings. The number of nitrogens with one attached hydrogen (secondary N) is 1. The van der Waals surface area contributed by atoms with Crippen LogP contribution < -0.4 is 4.72 Å². The van der Waals surface area contributed by atoms with E-state index < -0.39 is 30.2 Å². The van der Waals surface area contributed by atoms with Gasteiger partial charge in [-0.15, -0.1) is 10.2 Å². The second-order valence-corrected chi connectivity index (χ2v) is 8.97. The Hall–Kier alpha value is -2.58. The van der Waals surface area contributed by atoms with Gasteiger partial charge in [-0.2, -0.15) is 0 Å². The predicted molar refractivity (Wildman–Crippen MR) is 106 cm³/mol. The first-order chi connectivity index (χ1) is 14.5. The van der Waals surface area contributed by atoms with Crippen molar-refractivity contribution in [2.45, 2.75) is 18.4 Å². The van der Waals surface area contributed by atoms with Crippen LogP contribution in [-0.4, -0.2) is 52.8 Å². The van der Waals surface area contributed by atoms with E-state index in [4.69, 9.17) is 14.9 Å². The van der Waals surface area contributed by atoms with Gasteiger partial charge in [0.05, 0.1) is 35.1 Å². The first-order valence-corrected chi connectivity index (χ1v) is 11.5. The van der Waals surface area contributed by atoms with Crippen LogP contribution in [0.25, 0.3) is 0 Å². The van der Waals surface area contributed by atoms with Crippen molar-refractivity contribution in [3.63, 3.8) is 0 Å². The number of aldehydes is 1. The first-order valence-electron chi connectivity index (χ1n) is 8.48. The second-order valence-electron chi connectivity index (χ2n) is 5.96. The minimum atomic E-state index is -4.91. The summed E-state index contributed by atoms with van der Waals surface area (Å²) in [4.78, 5) is 33.0. The van der Waals surface area contributed by atoms with Gasteiger partial charge >= 0.3 is 7.82 Å². The number of rotatable bonds is 10. The summed E-state index contributed by atoms with van der Waals surface area (Å²) in [6, 6.07) is 5.30. The molecule has 0 radical (unpaired) electrons. The molecule has 1 aromatic carbocycles. The lowest BCUT2D eigenvalue weighted by atomic mass is 10.1. The smallest absolute Gasteiger partial charge is 0.469 e. The first kappa shape index (κ1) is 24.7. The van der Waals surface area contributed by atoms with Crippen LogP contribution in [0.5, 0.6) is 5.75 Å². The Morgan fingerprint density at radius 3 is 2.61 bits per heavy atom. The summed E-state index contributed by atoms with van der Waals surface area (Å²) in [5.41, 5.74) is -0.479. The number of aliphatic hydroxyl groups is 1. The number of carbonyl (C=O) groups excluding carboxylic acids is 1. The van der Waals surface area contributed by atoms with E-state index in [-0.39, 0.29) is 52.7 Å². The number of azo groups is 1. The Morgan fingerprint density at radius 1 is 1.29 bits per heavy atom. The zero-order valence-corrected chi connectivity index (χ0v) is 17.7. The van der Waals surface area contributed by atoms with Gasteiger partial charge in [-0.25, -0.2) is 22.7 Å². The third kappa shape index (κ3) is 6.70. The Morgan fingerprint density at radius 2 is 2.00 bits per heavy atom. The highest BCUT2D eigenvalue weighted by Crippen LogP contribution is 2.40. The molecule has 31 heavy (non-hydrogen) atoms. The monoisotopic (exact) mass is 474 g/mol. The fraction of sp³-hybridized carbons (Fsp3) is 0.250. The van der Waals surface area contributed by atoms with Crippen molar-refractivity contribution in [2.24, 2.45) is 10.2 Å². The van der Waals surface area contributed by atoms with Gasteiger partial charge in [0.25, 0.3) is 0 Å². The third-order valence-corrected chi connectivity index (χ3v) is 5.68. The van der Waals surface area contributed by atoms with Crippen LogP contribution in [0.1, 0.15) is 21.6 Å². The summed E-state index contributed by atoms with van der Waals surface area (Å²) in [7, 11) is -8.81. The molecule has 2 rings (SSSR count). The molecule has 0 amide bonds. The molecule has 2 aromatic rings. The number of carbonyl (C=O) groups is 1. The summed E-state index contributed by atoms with van der Waals surface area (Å²) in [5.74, 6) is -0.779. The fourth-order valence-corrected chi connectivity index (χ4v) is 3.68. The zero-order chi connectivity index (χ0) is 23.2. The Bertz CT molecular complexity index is 1150.